The van der Waals surface area contributed by atoms with Crippen molar-refractivity contribution in [2.45, 2.75) is 32.6 Å². The molecule has 0 fully saturated rings. The Bertz CT molecular complexity index is 253. The summed E-state index contributed by atoms with van der Waals surface area (Å²) in [6, 6.07) is 6.47. The van der Waals surface area contributed by atoms with Gasteiger partial charge >= 0.3 is 0 Å². The van der Waals surface area contributed by atoms with Gasteiger partial charge in [0.25, 0.3) is 0 Å². The molecule has 0 aliphatic carbocycles. The van der Waals surface area contributed by atoms with Crippen LogP contribution in [0.1, 0.15) is 30.0 Å². The molecule has 1 rings (SSSR count). The fourth-order valence-corrected chi connectivity index (χ4v) is 1.51. The molecule has 1 heteroatoms. The highest BCUT2D eigenvalue weighted by atomic mass is 35.5. The average molecular weight is 183 g/mol. The van der Waals surface area contributed by atoms with Gasteiger partial charge in [0.15, 0.2) is 0 Å². The van der Waals surface area contributed by atoms with Gasteiger partial charge in [0, 0.05) is 5.88 Å². The molecule has 0 aliphatic heterocycles. The Balaban J connectivity index is 2.91. The molecule has 0 aromatic heterocycles. The summed E-state index contributed by atoms with van der Waals surface area (Å²) in [4.78, 5) is 0. The van der Waals surface area contributed by atoms with Crippen LogP contribution in [0.25, 0.3) is 0 Å². The van der Waals surface area contributed by atoms with Gasteiger partial charge in [-0.3, -0.25) is 0 Å². The van der Waals surface area contributed by atoms with E-state index in [1.165, 1.54) is 23.1 Å². The zero-order valence-electron chi connectivity index (χ0n) is 7.73. The lowest BCUT2D eigenvalue weighted by Crippen LogP contribution is -1.90. The molecule has 0 radical (unpaired) electrons. The quantitative estimate of drug-likeness (QED) is 0.626. The third-order valence-electron chi connectivity index (χ3n) is 2.09. The maximum absolute atomic E-state index is 5.75. The van der Waals surface area contributed by atoms with Gasteiger partial charge in [0.05, 0.1) is 0 Å². The highest BCUT2D eigenvalue weighted by Gasteiger charge is 1.98. The van der Waals surface area contributed by atoms with E-state index in [0.717, 1.165) is 6.42 Å². The lowest BCUT2D eigenvalue weighted by Gasteiger charge is -2.05. The molecule has 0 amide bonds. The fraction of sp³-hybridized carbons (Fsp3) is 0.455. The van der Waals surface area contributed by atoms with E-state index in [4.69, 9.17) is 11.6 Å². The fourth-order valence-electron chi connectivity index (χ4n) is 1.35. The molecule has 0 saturated heterocycles. The van der Waals surface area contributed by atoms with Gasteiger partial charge in [-0.2, -0.15) is 0 Å². The van der Waals surface area contributed by atoms with Crippen molar-refractivity contribution in [2.24, 2.45) is 0 Å². The number of hydrogen-bond acceptors (Lipinski definition) is 0. The van der Waals surface area contributed by atoms with E-state index >= 15 is 0 Å². The molecular formula is C11H15Cl. The lowest BCUT2D eigenvalue weighted by molar-refractivity contribution is 0.910. The number of halogens is 1. The smallest absolute Gasteiger partial charge is 0.0474 e. The van der Waals surface area contributed by atoms with Gasteiger partial charge in [0.1, 0.15) is 0 Å². The molecule has 1 aromatic rings. The van der Waals surface area contributed by atoms with Gasteiger partial charge in [-0.05, 0) is 30.0 Å². The monoisotopic (exact) mass is 182 g/mol. The minimum absolute atomic E-state index is 0.622. The molecule has 0 saturated carbocycles. The first-order valence-electron chi connectivity index (χ1n) is 4.42. The summed E-state index contributed by atoms with van der Waals surface area (Å²) in [6.07, 6.45) is 2.36. The zero-order valence-corrected chi connectivity index (χ0v) is 8.49. The van der Waals surface area contributed by atoms with Crippen LogP contribution in [0.2, 0.25) is 0 Å². The van der Waals surface area contributed by atoms with Crippen molar-refractivity contribution in [1.29, 1.82) is 0 Å². The predicted octanol–water partition coefficient (Wildman–Crippen LogP) is 3.69. The van der Waals surface area contributed by atoms with E-state index in [2.05, 4.69) is 32.0 Å². The third-order valence-corrected chi connectivity index (χ3v) is 2.40. The first-order valence-corrected chi connectivity index (χ1v) is 4.95. The van der Waals surface area contributed by atoms with Crippen molar-refractivity contribution < 1.29 is 0 Å². The van der Waals surface area contributed by atoms with Crippen LogP contribution in [-0.2, 0) is 12.3 Å². The minimum Gasteiger partial charge on any atom is -0.122 e. The number of hydrogen-bond donors (Lipinski definition) is 0. The number of benzene rings is 1. The molecule has 0 spiro atoms. The number of alkyl halides is 1. The summed E-state index contributed by atoms with van der Waals surface area (Å²) in [5.74, 6) is 0.622. The summed E-state index contributed by atoms with van der Waals surface area (Å²) in [5, 5.41) is 0. The number of aryl methyl sites for hydroxylation is 2. The van der Waals surface area contributed by atoms with Gasteiger partial charge in [0.2, 0.25) is 0 Å². The van der Waals surface area contributed by atoms with E-state index in [1.54, 1.807) is 0 Å². The van der Waals surface area contributed by atoms with Gasteiger partial charge in [-0.25, -0.2) is 0 Å². The van der Waals surface area contributed by atoms with Crippen LogP contribution < -0.4 is 0 Å². The summed E-state index contributed by atoms with van der Waals surface area (Å²) < 4.78 is 0. The van der Waals surface area contributed by atoms with E-state index in [9.17, 15) is 0 Å². The Morgan fingerprint density at radius 2 is 2.08 bits per heavy atom. The summed E-state index contributed by atoms with van der Waals surface area (Å²) in [7, 11) is 0. The second kappa shape index (κ2) is 4.51. The first kappa shape index (κ1) is 9.60. The van der Waals surface area contributed by atoms with Crippen molar-refractivity contribution in [2.75, 3.05) is 0 Å². The Hall–Kier alpha value is -0.490. The lowest BCUT2D eigenvalue weighted by atomic mass is 10.0. The molecule has 0 nitrogen and oxygen atoms in total. The highest BCUT2D eigenvalue weighted by Crippen LogP contribution is 2.14. The van der Waals surface area contributed by atoms with E-state index in [-0.39, 0.29) is 0 Å². The molecule has 66 valence electrons. The molecule has 0 atom stereocenters. The number of rotatable bonds is 3. The van der Waals surface area contributed by atoms with Crippen LogP contribution in [0.5, 0.6) is 0 Å². The summed E-state index contributed by atoms with van der Waals surface area (Å²) >= 11 is 5.75. The molecule has 0 bridgehead atoms. The predicted molar refractivity (Wildman–Crippen MR) is 54.7 cm³/mol. The second-order valence-electron chi connectivity index (χ2n) is 3.14. The van der Waals surface area contributed by atoms with Crippen molar-refractivity contribution in [3.05, 3.63) is 34.9 Å². The van der Waals surface area contributed by atoms with Crippen LogP contribution in [0.3, 0.4) is 0 Å². The van der Waals surface area contributed by atoms with Crippen LogP contribution in [0.4, 0.5) is 0 Å². The van der Waals surface area contributed by atoms with Crippen LogP contribution in [-0.4, -0.2) is 0 Å². The topological polar surface area (TPSA) is 0 Å². The Morgan fingerprint density at radius 3 is 2.67 bits per heavy atom. The van der Waals surface area contributed by atoms with Crippen LogP contribution in [0.15, 0.2) is 18.2 Å². The largest absolute Gasteiger partial charge is 0.122 e. The molecule has 0 N–H and O–H groups in total. The summed E-state index contributed by atoms with van der Waals surface area (Å²) in [5.41, 5.74) is 4.05. The first-order chi connectivity index (χ1) is 5.77. The molecule has 0 unspecified atom stereocenters. The summed E-state index contributed by atoms with van der Waals surface area (Å²) in [6.45, 7) is 4.36. The zero-order chi connectivity index (χ0) is 8.97. The molecule has 1 aromatic carbocycles. The maximum Gasteiger partial charge on any atom is 0.0474 e. The third kappa shape index (κ3) is 2.25. The van der Waals surface area contributed by atoms with E-state index in [1.807, 2.05) is 0 Å². The molecular weight excluding hydrogens is 168 g/mol. The van der Waals surface area contributed by atoms with Crippen molar-refractivity contribution >= 4 is 11.6 Å². The molecule has 0 aliphatic rings. The Kier molecular flexibility index (Phi) is 3.61. The van der Waals surface area contributed by atoms with Crippen LogP contribution in [0, 0.1) is 6.92 Å². The van der Waals surface area contributed by atoms with Crippen molar-refractivity contribution in [3.8, 4) is 0 Å². The van der Waals surface area contributed by atoms with Crippen molar-refractivity contribution in [3.63, 3.8) is 0 Å². The SMILES string of the molecule is CCCc1cc(CCl)ccc1C. The standard InChI is InChI=1S/C11H15Cl/c1-3-4-11-7-10(8-12)6-5-9(11)2/h5-7H,3-4,8H2,1-2H3. The van der Waals surface area contributed by atoms with Gasteiger partial charge in [-0.1, -0.05) is 31.5 Å². The molecule has 0 heterocycles. The Morgan fingerprint density at radius 1 is 1.33 bits per heavy atom. The van der Waals surface area contributed by atoms with Crippen LogP contribution >= 0.6 is 11.6 Å². The Labute approximate surface area is 79.6 Å². The van der Waals surface area contributed by atoms with E-state index in [0.29, 0.717) is 5.88 Å². The average Bonchev–Trinajstić information content (AvgIpc) is 2.09. The normalized spacial score (nSPS) is 10.2. The second-order valence-corrected chi connectivity index (χ2v) is 3.41. The minimum atomic E-state index is 0.622. The van der Waals surface area contributed by atoms with Gasteiger partial charge in [-0.15, -0.1) is 11.6 Å². The maximum atomic E-state index is 5.75. The molecule has 12 heavy (non-hydrogen) atoms. The highest BCUT2D eigenvalue weighted by molar-refractivity contribution is 6.17. The van der Waals surface area contributed by atoms with Crippen molar-refractivity contribution in [1.82, 2.24) is 0 Å². The van der Waals surface area contributed by atoms with E-state index < -0.39 is 0 Å². The van der Waals surface area contributed by atoms with Gasteiger partial charge < -0.3 is 0 Å².